The molecule has 0 spiro atoms. The predicted octanol–water partition coefficient (Wildman–Crippen LogP) is 5.68. The zero-order valence-corrected chi connectivity index (χ0v) is 27.7. The third-order valence-electron chi connectivity index (χ3n) is 12.0. The first-order valence-corrected chi connectivity index (χ1v) is 17.9. The predicted molar refractivity (Wildman–Crippen MR) is 182 cm³/mol. The minimum absolute atomic E-state index is 0.0522. The van der Waals surface area contributed by atoms with Crippen molar-refractivity contribution in [3.05, 3.63) is 47.5 Å². The van der Waals surface area contributed by atoms with Gasteiger partial charge in [0.25, 0.3) is 5.91 Å². The van der Waals surface area contributed by atoms with E-state index in [4.69, 9.17) is 15.5 Å². The topological polar surface area (TPSA) is 98.6 Å². The number of aryl methyl sites for hydroxylation is 1. The Hall–Kier alpha value is -3.85. The van der Waals surface area contributed by atoms with Gasteiger partial charge in [-0.05, 0) is 99.3 Å². The van der Waals surface area contributed by atoms with Crippen molar-refractivity contribution in [2.24, 2.45) is 30.5 Å². The lowest BCUT2D eigenvalue weighted by atomic mass is 9.76. The zero-order chi connectivity index (χ0) is 32.0. The maximum Gasteiger partial charge on any atom is 0.254 e. The summed E-state index contributed by atoms with van der Waals surface area (Å²) in [6.45, 7) is 3.41. The van der Waals surface area contributed by atoms with Crippen molar-refractivity contribution in [2.75, 3.05) is 26.7 Å². The molecule has 3 saturated carbocycles. The molecule has 2 N–H and O–H groups in total. The third kappa shape index (κ3) is 4.95. The normalized spacial score (nSPS) is 24.9. The second-order valence-electron chi connectivity index (χ2n) is 15.1. The quantitative estimate of drug-likeness (QED) is 0.282. The average Bonchev–Trinajstić information content (AvgIpc) is 4.04. The van der Waals surface area contributed by atoms with Crippen LogP contribution in [0.1, 0.15) is 79.6 Å². The van der Waals surface area contributed by atoms with Crippen LogP contribution in [0.2, 0.25) is 0 Å². The maximum absolute atomic E-state index is 13.9. The Morgan fingerprint density at radius 3 is 2.47 bits per heavy atom. The fraction of sp³-hybridized carbons (Fsp3) is 0.553. The lowest BCUT2D eigenvalue weighted by Gasteiger charge is -2.48. The molecule has 0 radical (unpaired) electrons. The Bertz CT molecular complexity index is 1890. The van der Waals surface area contributed by atoms with E-state index in [1.807, 2.05) is 17.0 Å². The van der Waals surface area contributed by atoms with Crippen LogP contribution in [-0.2, 0) is 18.4 Å². The molecule has 4 aromatic rings. The fourth-order valence-corrected chi connectivity index (χ4v) is 9.01. The first kappa shape index (κ1) is 29.3. The summed E-state index contributed by atoms with van der Waals surface area (Å²) >= 11 is 0. The molecule has 5 heterocycles. The molecule has 10 rings (SSSR count). The summed E-state index contributed by atoms with van der Waals surface area (Å²) in [6.07, 6.45) is 9.68. The standard InChI is InChI=1S/C38H46N6O3/c1-41-35-31(16-27(18-33(35)47-2)38(46)43-21-26-10-11-28(43)19-30(26)39)40-36(41)32-17-25-4-3-5-29(34(25)44(32)20-22-6-7-22)23-12-14-42(15-13-23)37(45)24-8-9-24/h3-5,16-18,22-24,26,28,30H,6-15,19-21,39H2,1-2H3/t26-,28-,30+/m1/s1. The van der Waals surface area contributed by atoms with Crippen molar-refractivity contribution in [1.29, 1.82) is 0 Å². The van der Waals surface area contributed by atoms with Crippen molar-refractivity contribution in [2.45, 2.75) is 82.3 Å². The molecular weight excluding hydrogens is 588 g/mol. The van der Waals surface area contributed by atoms with Crippen LogP contribution >= 0.6 is 0 Å². The van der Waals surface area contributed by atoms with E-state index in [0.717, 1.165) is 93.7 Å². The first-order chi connectivity index (χ1) is 22.9. The lowest BCUT2D eigenvalue weighted by Crippen LogP contribution is -2.58. The highest BCUT2D eigenvalue weighted by atomic mass is 16.5. The number of piperidine rings is 3. The molecule has 2 aromatic carbocycles. The van der Waals surface area contributed by atoms with Crippen LogP contribution in [0.3, 0.4) is 0 Å². The van der Waals surface area contributed by atoms with Gasteiger partial charge in [0.15, 0.2) is 5.82 Å². The van der Waals surface area contributed by atoms with Gasteiger partial charge in [0.05, 0.1) is 23.8 Å². The van der Waals surface area contributed by atoms with Crippen LogP contribution in [-0.4, -0.2) is 74.6 Å². The van der Waals surface area contributed by atoms with Crippen molar-refractivity contribution in [1.82, 2.24) is 23.9 Å². The monoisotopic (exact) mass is 634 g/mol. The summed E-state index contributed by atoms with van der Waals surface area (Å²) in [5.41, 5.74) is 12.5. The molecule has 246 valence electrons. The molecule has 3 aliphatic carbocycles. The Morgan fingerprint density at radius 2 is 1.79 bits per heavy atom. The number of para-hydroxylation sites is 1. The number of hydrogen-bond donors (Lipinski definition) is 1. The highest BCUT2D eigenvalue weighted by Gasteiger charge is 2.41. The largest absolute Gasteiger partial charge is 0.494 e. The number of rotatable bonds is 7. The molecule has 2 aromatic heterocycles. The summed E-state index contributed by atoms with van der Waals surface area (Å²) in [5.74, 6) is 3.75. The minimum Gasteiger partial charge on any atom is -0.494 e. The van der Waals surface area contributed by atoms with Crippen molar-refractivity contribution >= 4 is 33.8 Å². The maximum atomic E-state index is 13.9. The van der Waals surface area contributed by atoms with E-state index in [1.54, 1.807) is 7.11 Å². The van der Waals surface area contributed by atoms with E-state index < -0.39 is 0 Å². The molecule has 9 heteroatoms. The number of methoxy groups -OCH3 is 1. The average molecular weight is 635 g/mol. The van der Waals surface area contributed by atoms with E-state index >= 15 is 0 Å². The third-order valence-corrected chi connectivity index (χ3v) is 12.0. The van der Waals surface area contributed by atoms with Gasteiger partial charge in [0, 0.05) is 62.2 Å². The minimum atomic E-state index is 0.0522. The van der Waals surface area contributed by atoms with Crippen molar-refractivity contribution in [3.63, 3.8) is 0 Å². The van der Waals surface area contributed by atoms with E-state index in [2.05, 4.69) is 45.3 Å². The lowest BCUT2D eigenvalue weighted by molar-refractivity contribution is -0.133. The fourth-order valence-electron chi connectivity index (χ4n) is 9.01. The van der Waals surface area contributed by atoms with Crippen molar-refractivity contribution < 1.29 is 14.3 Å². The number of amides is 2. The van der Waals surface area contributed by atoms with Gasteiger partial charge in [-0.3, -0.25) is 9.59 Å². The molecule has 3 atom stereocenters. The Morgan fingerprint density at radius 1 is 0.979 bits per heavy atom. The van der Waals surface area contributed by atoms with Crippen molar-refractivity contribution in [3.8, 4) is 17.3 Å². The molecule has 6 aliphatic rings. The summed E-state index contributed by atoms with van der Waals surface area (Å²) in [7, 11) is 3.74. The number of nitrogens with two attached hydrogens (primary N) is 1. The van der Waals surface area contributed by atoms with Crippen LogP contribution in [0, 0.1) is 17.8 Å². The number of imidazole rings is 1. The molecule has 3 aliphatic heterocycles. The summed E-state index contributed by atoms with van der Waals surface area (Å²) < 4.78 is 10.6. The van der Waals surface area contributed by atoms with Gasteiger partial charge in [0.1, 0.15) is 11.3 Å². The number of nitrogens with zero attached hydrogens (tertiary/aromatic N) is 5. The van der Waals surface area contributed by atoms with Gasteiger partial charge in [0.2, 0.25) is 5.91 Å². The van der Waals surface area contributed by atoms with E-state index in [-0.39, 0.29) is 23.9 Å². The molecule has 2 bridgehead atoms. The number of carbonyl (C=O) groups is 2. The zero-order valence-electron chi connectivity index (χ0n) is 27.7. The molecular formula is C38H46N6O3. The van der Waals surface area contributed by atoms with E-state index in [9.17, 15) is 9.59 Å². The highest BCUT2D eigenvalue weighted by Crippen LogP contribution is 2.42. The van der Waals surface area contributed by atoms with Crippen LogP contribution in [0.25, 0.3) is 33.5 Å². The van der Waals surface area contributed by atoms with Gasteiger partial charge in [-0.15, -0.1) is 0 Å². The molecule has 9 nitrogen and oxygen atoms in total. The Labute approximate surface area is 276 Å². The summed E-state index contributed by atoms with van der Waals surface area (Å²) in [6, 6.07) is 13.3. The number of benzene rings is 2. The SMILES string of the molecule is COc1cc(C(=O)N2C[C@H]3CC[C@@H]2C[C@@H]3N)cc2nc(-c3cc4cccc(C5CCN(C(=O)C6CC6)CC5)c4n3CC3CC3)n(C)c12. The molecule has 2 amide bonds. The number of hydrogen-bond acceptors (Lipinski definition) is 5. The summed E-state index contributed by atoms with van der Waals surface area (Å²) in [4.78, 5) is 36.1. The first-order valence-electron chi connectivity index (χ1n) is 17.9. The number of carbonyl (C=O) groups excluding carboxylic acids is 2. The van der Waals surface area contributed by atoms with Gasteiger partial charge in [-0.2, -0.15) is 0 Å². The second kappa shape index (κ2) is 11.1. The number of fused-ring (bicyclic) bond motifs is 5. The molecule has 3 saturated heterocycles. The van der Waals surface area contributed by atoms with Gasteiger partial charge in [-0.1, -0.05) is 18.2 Å². The van der Waals surface area contributed by atoms with Gasteiger partial charge < -0.3 is 29.4 Å². The van der Waals surface area contributed by atoms with Crippen LogP contribution in [0.4, 0.5) is 0 Å². The number of ether oxygens (including phenoxy) is 1. The number of aromatic nitrogens is 3. The smallest absolute Gasteiger partial charge is 0.254 e. The Balaban J connectivity index is 1.09. The molecule has 6 fully saturated rings. The van der Waals surface area contributed by atoms with Crippen LogP contribution in [0.5, 0.6) is 5.75 Å². The second-order valence-corrected chi connectivity index (χ2v) is 15.1. The van der Waals surface area contributed by atoms with E-state index in [1.165, 1.54) is 29.3 Å². The van der Waals surface area contributed by atoms with Crippen LogP contribution in [0.15, 0.2) is 36.4 Å². The van der Waals surface area contributed by atoms with Gasteiger partial charge >= 0.3 is 0 Å². The molecule has 0 unspecified atom stereocenters. The van der Waals surface area contributed by atoms with Gasteiger partial charge in [-0.25, -0.2) is 4.98 Å². The Kier molecular flexibility index (Phi) is 6.93. The van der Waals surface area contributed by atoms with Crippen LogP contribution < -0.4 is 10.5 Å². The molecule has 47 heavy (non-hydrogen) atoms. The number of likely N-dealkylation sites (tertiary alicyclic amines) is 1. The summed E-state index contributed by atoms with van der Waals surface area (Å²) in [5, 5.41) is 1.24. The highest BCUT2D eigenvalue weighted by molar-refractivity contribution is 6.00. The van der Waals surface area contributed by atoms with E-state index in [0.29, 0.717) is 35.0 Å².